The van der Waals surface area contributed by atoms with Gasteiger partial charge in [-0.05, 0) is 69.3 Å². The molecule has 0 radical (unpaired) electrons. The first-order valence-electron chi connectivity index (χ1n) is 13.0. The molecule has 1 amide bonds. The Balaban J connectivity index is 1.52. The van der Waals surface area contributed by atoms with Gasteiger partial charge in [0.15, 0.2) is 12.4 Å². The topological polar surface area (TPSA) is 123 Å². The number of aromatic amines is 1. The molecule has 0 atom stereocenters. The van der Waals surface area contributed by atoms with Crippen LogP contribution in [0.1, 0.15) is 20.8 Å². The lowest BCUT2D eigenvalue weighted by molar-refractivity contribution is -0.124. The zero-order chi connectivity index (χ0) is 28.1. The summed E-state index contributed by atoms with van der Waals surface area (Å²) in [6.45, 7) is 6.56. The van der Waals surface area contributed by atoms with E-state index in [9.17, 15) is 4.79 Å². The lowest BCUT2D eigenvalue weighted by Gasteiger charge is -2.20. The number of amides is 1. The van der Waals surface area contributed by atoms with E-state index < -0.39 is 0 Å². The second-order valence-corrected chi connectivity index (χ2v) is 10.3. The Kier molecular flexibility index (Phi) is 7.79. The average Bonchev–Trinajstić information content (AvgIpc) is 3.39. The van der Waals surface area contributed by atoms with Crippen LogP contribution in [0.5, 0.6) is 11.5 Å². The first-order valence-corrected chi connectivity index (χ1v) is 13.0. The SMILES string of the molecule is COCCOc1ccc2nc(-c3ccccc3OCC(=O)NC(C)(C)C)nc(Nc3ccc4[nH]ncc4c3)c2c1. The molecule has 0 saturated heterocycles. The van der Waals surface area contributed by atoms with Gasteiger partial charge in [-0.3, -0.25) is 9.89 Å². The highest BCUT2D eigenvalue weighted by atomic mass is 16.5. The molecule has 0 saturated carbocycles. The minimum Gasteiger partial charge on any atom is -0.491 e. The minimum atomic E-state index is -0.354. The number of para-hydroxylation sites is 1. The van der Waals surface area contributed by atoms with Gasteiger partial charge in [0.05, 0.1) is 29.4 Å². The van der Waals surface area contributed by atoms with Crippen LogP contribution in [-0.4, -0.2) is 58.5 Å². The molecule has 0 spiro atoms. The fraction of sp³-hybridized carbons (Fsp3) is 0.267. The van der Waals surface area contributed by atoms with E-state index in [1.165, 1.54) is 0 Å². The van der Waals surface area contributed by atoms with E-state index in [2.05, 4.69) is 20.8 Å². The van der Waals surface area contributed by atoms with Gasteiger partial charge in [0.25, 0.3) is 5.91 Å². The molecule has 10 heteroatoms. The van der Waals surface area contributed by atoms with E-state index in [4.69, 9.17) is 24.2 Å². The van der Waals surface area contributed by atoms with Gasteiger partial charge in [-0.2, -0.15) is 5.10 Å². The highest BCUT2D eigenvalue weighted by molar-refractivity contribution is 5.94. The third-order valence-electron chi connectivity index (χ3n) is 5.93. The number of methoxy groups -OCH3 is 1. The van der Waals surface area contributed by atoms with Crippen molar-refractivity contribution < 1.29 is 19.0 Å². The molecule has 3 aromatic carbocycles. The summed E-state index contributed by atoms with van der Waals surface area (Å²) in [4.78, 5) is 22.2. The summed E-state index contributed by atoms with van der Waals surface area (Å²) in [6, 6.07) is 19.0. The van der Waals surface area contributed by atoms with Crippen molar-refractivity contribution in [1.82, 2.24) is 25.5 Å². The molecule has 3 N–H and O–H groups in total. The molecule has 10 nitrogen and oxygen atoms in total. The van der Waals surface area contributed by atoms with Crippen molar-refractivity contribution in [2.75, 3.05) is 32.2 Å². The van der Waals surface area contributed by atoms with Crippen LogP contribution < -0.4 is 20.1 Å². The van der Waals surface area contributed by atoms with Gasteiger partial charge in [-0.15, -0.1) is 0 Å². The van der Waals surface area contributed by atoms with E-state index in [1.54, 1.807) is 19.4 Å². The molecule has 0 aliphatic heterocycles. The van der Waals surface area contributed by atoms with Crippen LogP contribution in [0.15, 0.2) is 66.9 Å². The number of benzene rings is 3. The molecule has 0 bridgehead atoms. The van der Waals surface area contributed by atoms with Crippen molar-refractivity contribution in [3.63, 3.8) is 0 Å². The molecule has 2 heterocycles. The van der Waals surface area contributed by atoms with E-state index in [1.807, 2.05) is 75.4 Å². The second kappa shape index (κ2) is 11.6. The van der Waals surface area contributed by atoms with E-state index in [0.29, 0.717) is 41.9 Å². The molecule has 0 fully saturated rings. The zero-order valence-electron chi connectivity index (χ0n) is 22.9. The second-order valence-electron chi connectivity index (χ2n) is 10.3. The Bertz CT molecular complexity index is 1640. The van der Waals surface area contributed by atoms with Crippen LogP contribution >= 0.6 is 0 Å². The van der Waals surface area contributed by atoms with Crippen molar-refractivity contribution in [1.29, 1.82) is 0 Å². The van der Waals surface area contributed by atoms with Crippen LogP contribution in [0.25, 0.3) is 33.2 Å². The number of rotatable bonds is 10. The monoisotopic (exact) mass is 540 g/mol. The number of anilines is 2. The lowest BCUT2D eigenvalue weighted by Crippen LogP contribution is -2.43. The molecule has 5 aromatic rings. The third kappa shape index (κ3) is 6.47. The average molecular weight is 541 g/mol. The summed E-state index contributed by atoms with van der Waals surface area (Å²) >= 11 is 0. The normalized spacial score (nSPS) is 11.5. The summed E-state index contributed by atoms with van der Waals surface area (Å²) in [5.74, 6) is 2.04. The first-order chi connectivity index (χ1) is 19.3. The maximum atomic E-state index is 12.4. The maximum absolute atomic E-state index is 12.4. The van der Waals surface area contributed by atoms with Gasteiger partial charge >= 0.3 is 0 Å². The van der Waals surface area contributed by atoms with Crippen LogP contribution in [0.2, 0.25) is 0 Å². The summed E-state index contributed by atoms with van der Waals surface area (Å²) in [5, 5.41) is 15.2. The number of aromatic nitrogens is 4. The molecule has 0 aliphatic carbocycles. The number of nitrogens with one attached hydrogen (secondary N) is 3. The molecular weight excluding hydrogens is 508 g/mol. The summed E-state index contributed by atoms with van der Waals surface area (Å²) in [6.07, 6.45) is 1.77. The van der Waals surface area contributed by atoms with Crippen molar-refractivity contribution >= 4 is 39.2 Å². The van der Waals surface area contributed by atoms with Crippen LogP contribution in [0.3, 0.4) is 0 Å². The van der Waals surface area contributed by atoms with Crippen molar-refractivity contribution in [2.45, 2.75) is 26.3 Å². The number of H-pyrrole nitrogens is 1. The predicted octanol–water partition coefficient (Wildman–Crippen LogP) is 5.24. The fourth-order valence-electron chi connectivity index (χ4n) is 4.19. The van der Waals surface area contributed by atoms with Gasteiger partial charge in [-0.25, -0.2) is 9.97 Å². The van der Waals surface area contributed by atoms with Crippen molar-refractivity contribution in [2.24, 2.45) is 0 Å². The van der Waals surface area contributed by atoms with E-state index in [-0.39, 0.29) is 18.1 Å². The van der Waals surface area contributed by atoms with Crippen molar-refractivity contribution in [3.8, 4) is 22.9 Å². The smallest absolute Gasteiger partial charge is 0.258 e. The van der Waals surface area contributed by atoms with Gasteiger partial charge in [-0.1, -0.05) is 12.1 Å². The number of fused-ring (bicyclic) bond motifs is 2. The van der Waals surface area contributed by atoms with Gasteiger partial charge in [0, 0.05) is 29.1 Å². The minimum absolute atomic E-state index is 0.125. The Morgan fingerprint density at radius 1 is 0.975 bits per heavy atom. The summed E-state index contributed by atoms with van der Waals surface area (Å²) < 4.78 is 16.9. The predicted molar refractivity (Wildman–Crippen MR) is 155 cm³/mol. The fourth-order valence-corrected chi connectivity index (χ4v) is 4.19. The number of hydrogen-bond acceptors (Lipinski definition) is 8. The number of ether oxygens (including phenoxy) is 3. The van der Waals surface area contributed by atoms with Gasteiger partial charge in [0.2, 0.25) is 0 Å². The number of carbonyl (C=O) groups is 1. The zero-order valence-corrected chi connectivity index (χ0v) is 22.9. The number of nitrogens with zero attached hydrogens (tertiary/aromatic N) is 3. The summed E-state index contributed by atoms with van der Waals surface area (Å²) in [5.41, 5.74) is 2.81. The molecule has 0 unspecified atom stereocenters. The van der Waals surface area contributed by atoms with Crippen LogP contribution in [-0.2, 0) is 9.53 Å². The molecule has 206 valence electrons. The molecule has 5 rings (SSSR count). The highest BCUT2D eigenvalue weighted by Crippen LogP contribution is 2.34. The molecular formula is C30H32N6O4. The Morgan fingerprint density at radius 2 is 1.82 bits per heavy atom. The Hall–Kier alpha value is -4.70. The first kappa shape index (κ1) is 26.9. The van der Waals surface area contributed by atoms with Crippen molar-refractivity contribution in [3.05, 3.63) is 66.9 Å². The lowest BCUT2D eigenvalue weighted by atomic mass is 10.1. The Labute approximate surface area is 232 Å². The summed E-state index contributed by atoms with van der Waals surface area (Å²) in [7, 11) is 1.64. The standard InChI is InChI=1S/C30H32N6O4/c1-30(2,3)35-27(37)18-40-26-8-6-5-7-22(26)28-33-25-12-10-21(39-14-13-38-4)16-23(25)29(34-28)32-20-9-11-24-19(15-20)17-31-36-24/h5-12,15-17H,13-14,18H2,1-4H3,(H,31,36)(H,35,37)(H,32,33,34). The largest absolute Gasteiger partial charge is 0.491 e. The highest BCUT2D eigenvalue weighted by Gasteiger charge is 2.17. The number of hydrogen-bond donors (Lipinski definition) is 3. The maximum Gasteiger partial charge on any atom is 0.258 e. The van der Waals surface area contributed by atoms with Crippen LogP contribution in [0.4, 0.5) is 11.5 Å². The molecule has 0 aliphatic rings. The molecule has 2 aromatic heterocycles. The van der Waals surface area contributed by atoms with Gasteiger partial charge < -0.3 is 24.8 Å². The quantitative estimate of drug-likeness (QED) is 0.206. The molecule has 40 heavy (non-hydrogen) atoms. The Morgan fingerprint density at radius 3 is 2.65 bits per heavy atom. The van der Waals surface area contributed by atoms with E-state index in [0.717, 1.165) is 27.5 Å². The van der Waals surface area contributed by atoms with Gasteiger partial charge in [0.1, 0.15) is 23.9 Å². The number of carbonyl (C=O) groups excluding carboxylic acids is 1. The third-order valence-corrected chi connectivity index (χ3v) is 5.93. The van der Waals surface area contributed by atoms with E-state index >= 15 is 0 Å². The van der Waals surface area contributed by atoms with Crippen LogP contribution in [0, 0.1) is 0 Å².